The van der Waals surface area contributed by atoms with E-state index in [1.54, 1.807) is 17.8 Å². The van der Waals surface area contributed by atoms with Gasteiger partial charge in [-0.25, -0.2) is 4.98 Å². The summed E-state index contributed by atoms with van der Waals surface area (Å²) >= 11 is 1.37. The highest BCUT2D eigenvalue weighted by atomic mass is 32.1. The van der Waals surface area contributed by atoms with Gasteiger partial charge in [0.25, 0.3) is 5.91 Å². The maximum atomic E-state index is 12.5. The summed E-state index contributed by atoms with van der Waals surface area (Å²) in [6.07, 6.45) is 3.79. The number of nitrogens with zero attached hydrogens (tertiary/aromatic N) is 4. The van der Waals surface area contributed by atoms with E-state index >= 15 is 0 Å². The molecule has 0 spiro atoms. The summed E-state index contributed by atoms with van der Waals surface area (Å²) in [6, 6.07) is 7.63. The fraction of sp³-hybridized carbons (Fsp3) is 0.133. The van der Waals surface area contributed by atoms with Crippen LogP contribution in [0.2, 0.25) is 0 Å². The number of amides is 1. The number of rotatable bonds is 5. The van der Waals surface area contributed by atoms with Gasteiger partial charge in [-0.1, -0.05) is 23.4 Å². The van der Waals surface area contributed by atoms with Crippen molar-refractivity contribution in [1.29, 1.82) is 5.41 Å². The monoisotopic (exact) mass is 341 g/mol. The van der Waals surface area contributed by atoms with E-state index in [9.17, 15) is 4.79 Å². The largest absolute Gasteiger partial charge is 0.346 e. The van der Waals surface area contributed by atoms with E-state index in [4.69, 9.17) is 11.3 Å². The second kappa shape index (κ2) is 7.01. The zero-order valence-corrected chi connectivity index (χ0v) is 13.5. The number of nitrogens with one attached hydrogen (secondary N) is 2. The molecule has 1 amide bonds. The molecule has 0 unspecified atom stereocenters. The molecule has 3 rings (SSSR count). The summed E-state index contributed by atoms with van der Waals surface area (Å²) in [6.45, 7) is 0.503. The maximum absolute atomic E-state index is 12.5. The second-order valence-corrected chi connectivity index (χ2v) is 5.85. The number of carbonyl (C=O) groups is 1. The number of hydrogen-bond donors (Lipinski definition) is 3. The van der Waals surface area contributed by atoms with Crippen LogP contribution in [0.3, 0.4) is 0 Å². The number of nitrogens with two attached hydrogens (primary N) is 1. The van der Waals surface area contributed by atoms with Crippen molar-refractivity contribution in [2.45, 2.75) is 13.0 Å². The quantitative estimate of drug-likeness (QED) is 0.217. The molecule has 2 aromatic heterocycles. The number of benzene rings is 1. The van der Waals surface area contributed by atoms with Crippen LogP contribution in [0.5, 0.6) is 0 Å². The first-order chi connectivity index (χ1) is 11.7. The van der Waals surface area contributed by atoms with Gasteiger partial charge in [0.05, 0.1) is 5.56 Å². The zero-order chi connectivity index (χ0) is 16.9. The van der Waals surface area contributed by atoms with Crippen LogP contribution in [0.25, 0.3) is 10.9 Å². The Morgan fingerprint density at radius 3 is 3.00 bits per heavy atom. The lowest BCUT2D eigenvalue weighted by atomic mass is 10.1. The fourth-order valence-electron chi connectivity index (χ4n) is 2.41. The molecule has 4 N–H and O–H groups in total. The van der Waals surface area contributed by atoms with Gasteiger partial charge in [0.1, 0.15) is 5.84 Å². The third kappa shape index (κ3) is 3.30. The van der Waals surface area contributed by atoms with Gasteiger partial charge < -0.3 is 10.4 Å². The van der Waals surface area contributed by atoms with E-state index < -0.39 is 0 Å². The molecule has 3 aromatic rings. The van der Waals surface area contributed by atoms with Crippen LogP contribution in [0.1, 0.15) is 16.8 Å². The molecule has 1 aromatic carbocycles. The molecule has 0 saturated heterocycles. The van der Waals surface area contributed by atoms with E-state index in [-0.39, 0.29) is 11.7 Å². The average Bonchev–Trinajstić information content (AvgIpc) is 3.21. The van der Waals surface area contributed by atoms with Crippen LogP contribution in [0, 0.1) is 5.41 Å². The van der Waals surface area contributed by atoms with E-state index in [1.807, 2.05) is 28.8 Å². The molecule has 0 aliphatic rings. The highest BCUT2D eigenvalue weighted by molar-refractivity contribution is 7.13. The highest BCUT2D eigenvalue weighted by Crippen LogP contribution is 2.23. The normalized spacial score (nSPS) is 11.2. The summed E-state index contributed by atoms with van der Waals surface area (Å²) in [7, 11) is 0. The Kier molecular flexibility index (Phi) is 4.62. The van der Waals surface area contributed by atoms with Crippen molar-refractivity contribution in [3.05, 3.63) is 47.6 Å². The van der Waals surface area contributed by atoms with E-state index in [0.717, 1.165) is 10.9 Å². The number of fused-ring (bicyclic) bond motifs is 1. The summed E-state index contributed by atoms with van der Waals surface area (Å²) in [4.78, 5) is 16.6. The lowest BCUT2D eigenvalue weighted by Gasteiger charge is -2.03. The van der Waals surface area contributed by atoms with Crippen LogP contribution in [-0.4, -0.2) is 21.3 Å². The molecular weight excluding hydrogens is 326 g/mol. The number of thiazole rings is 1. The molecule has 0 bridgehead atoms. The molecule has 0 saturated carbocycles. The minimum Gasteiger partial charge on any atom is -0.346 e. The van der Waals surface area contributed by atoms with Gasteiger partial charge in [-0.2, -0.15) is 0 Å². The molecule has 8 nitrogen and oxygen atoms in total. The number of anilines is 1. The molecule has 2 heterocycles. The van der Waals surface area contributed by atoms with Crippen molar-refractivity contribution in [3.63, 3.8) is 0 Å². The first kappa shape index (κ1) is 15.8. The molecule has 0 radical (unpaired) electrons. The van der Waals surface area contributed by atoms with Gasteiger partial charge in [-0.15, -0.1) is 16.5 Å². The first-order valence-corrected chi connectivity index (χ1v) is 8.04. The number of aromatic nitrogens is 2. The molecule has 9 heteroatoms. The van der Waals surface area contributed by atoms with Crippen LogP contribution in [-0.2, 0) is 6.54 Å². The molecular formula is C15H15N7OS. The smallest absolute Gasteiger partial charge is 0.259 e. The predicted molar refractivity (Wildman–Crippen MR) is 93.4 cm³/mol. The van der Waals surface area contributed by atoms with Crippen LogP contribution < -0.4 is 11.2 Å². The molecule has 0 aliphatic carbocycles. The van der Waals surface area contributed by atoms with Crippen LogP contribution in [0.4, 0.5) is 5.13 Å². The second-order valence-electron chi connectivity index (χ2n) is 4.96. The van der Waals surface area contributed by atoms with Crippen molar-refractivity contribution in [2.75, 3.05) is 5.32 Å². The van der Waals surface area contributed by atoms with Gasteiger partial charge in [0.15, 0.2) is 5.13 Å². The van der Waals surface area contributed by atoms with Gasteiger partial charge >= 0.3 is 0 Å². The lowest BCUT2D eigenvalue weighted by molar-refractivity contribution is 0.102. The molecule has 0 fully saturated rings. The number of hydrogen-bond acceptors (Lipinski definition) is 5. The third-order valence-electron chi connectivity index (χ3n) is 3.45. The van der Waals surface area contributed by atoms with Gasteiger partial charge in [0, 0.05) is 41.6 Å². The maximum Gasteiger partial charge on any atom is 0.259 e. The van der Waals surface area contributed by atoms with Crippen molar-refractivity contribution < 1.29 is 4.79 Å². The Hall–Kier alpha value is -3.07. The van der Waals surface area contributed by atoms with Crippen molar-refractivity contribution in [1.82, 2.24) is 9.55 Å². The topological polar surface area (TPSA) is 122 Å². The minimum atomic E-state index is -0.211. The summed E-state index contributed by atoms with van der Waals surface area (Å²) in [5, 5.41) is 20.2. The number of para-hydroxylation sites is 1. The summed E-state index contributed by atoms with van der Waals surface area (Å²) in [5.41, 5.74) is 1.48. The SMILES string of the molecule is N=C(CCn1cc(C(=O)Nc2nccs2)c2ccccc21)N=NN. The molecule has 24 heavy (non-hydrogen) atoms. The summed E-state index contributed by atoms with van der Waals surface area (Å²) in [5.74, 6) is 4.83. The zero-order valence-electron chi connectivity index (χ0n) is 12.6. The Morgan fingerprint density at radius 1 is 1.42 bits per heavy atom. The Morgan fingerprint density at radius 2 is 2.25 bits per heavy atom. The van der Waals surface area contributed by atoms with Crippen molar-refractivity contribution in [3.8, 4) is 0 Å². The van der Waals surface area contributed by atoms with Crippen molar-refractivity contribution in [2.24, 2.45) is 16.2 Å². The molecule has 0 atom stereocenters. The fourth-order valence-corrected chi connectivity index (χ4v) is 2.93. The van der Waals surface area contributed by atoms with E-state index in [2.05, 4.69) is 20.6 Å². The third-order valence-corrected chi connectivity index (χ3v) is 4.14. The van der Waals surface area contributed by atoms with Crippen LogP contribution >= 0.6 is 11.3 Å². The first-order valence-electron chi connectivity index (χ1n) is 7.16. The van der Waals surface area contributed by atoms with Gasteiger partial charge in [0.2, 0.25) is 0 Å². The van der Waals surface area contributed by atoms with Gasteiger partial charge in [-0.05, 0) is 6.07 Å². The lowest BCUT2D eigenvalue weighted by Crippen LogP contribution is -2.11. The Balaban J connectivity index is 1.88. The average molecular weight is 341 g/mol. The Bertz CT molecular complexity index is 898. The number of aryl methyl sites for hydroxylation is 1. The van der Waals surface area contributed by atoms with Crippen LogP contribution in [0.15, 0.2) is 52.4 Å². The van der Waals surface area contributed by atoms with E-state index in [1.165, 1.54) is 11.3 Å². The predicted octanol–water partition coefficient (Wildman–Crippen LogP) is 3.04. The highest BCUT2D eigenvalue weighted by Gasteiger charge is 2.16. The summed E-state index contributed by atoms with van der Waals surface area (Å²) < 4.78 is 1.92. The van der Waals surface area contributed by atoms with Gasteiger partial charge in [-0.3, -0.25) is 15.5 Å². The van der Waals surface area contributed by atoms with E-state index in [0.29, 0.717) is 23.7 Å². The molecule has 122 valence electrons. The number of carbonyl (C=O) groups excluding carboxylic acids is 1. The number of amidine groups is 1. The molecule has 0 aliphatic heterocycles. The Labute approximate surface area is 141 Å². The van der Waals surface area contributed by atoms with Crippen molar-refractivity contribution >= 4 is 39.1 Å². The minimum absolute atomic E-state index is 0.0871. The standard InChI is InChI=1S/C15H15N7OS/c16-13(20-21-17)5-7-22-9-11(10-3-1-2-4-12(10)22)14(23)19-15-18-6-8-24-15/h1-4,6,8-9H,5,7H2,(H3,16,17,20)(H,18,19,23).